The molecule has 0 saturated carbocycles. The maximum atomic E-state index is 11.0. The summed E-state index contributed by atoms with van der Waals surface area (Å²) >= 11 is 5.67. The van der Waals surface area contributed by atoms with E-state index in [1.165, 1.54) is 18.2 Å². The Balaban J connectivity index is 3.10. The number of rotatable bonds is 5. The van der Waals surface area contributed by atoms with Crippen molar-refractivity contribution in [1.82, 2.24) is 0 Å². The fourth-order valence-electron chi connectivity index (χ4n) is 1.46. The van der Waals surface area contributed by atoms with Crippen LogP contribution < -0.4 is 5.32 Å². The number of carbonyl (C=O) groups is 1. The lowest BCUT2D eigenvalue weighted by Gasteiger charge is -2.19. The second kappa shape index (κ2) is 5.68. The molecular weight excluding hydrogens is 260 g/mol. The van der Waals surface area contributed by atoms with Crippen molar-refractivity contribution in [1.29, 1.82) is 0 Å². The highest BCUT2D eigenvalue weighted by Crippen LogP contribution is 2.29. The van der Waals surface area contributed by atoms with Crippen molar-refractivity contribution in [3.63, 3.8) is 0 Å². The van der Waals surface area contributed by atoms with Crippen molar-refractivity contribution < 1.29 is 14.8 Å². The zero-order chi connectivity index (χ0) is 13.9. The van der Waals surface area contributed by atoms with Crippen molar-refractivity contribution >= 4 is 28.9 Å². The molecule has 7 heteroatoms. The Hall–Kier alpha value is -1.82. The third-order valence-corrected chi connectivity index (χ3v) is 2.64. The zero-order valence-electron chi connectivity index (χ0n) is 9.88. The van der Waals surface area contributed by atoms with Gasteiger partial charge in [-0.3, -0.25) is 10.1 Å². The number of nitro benzene ring substituents is 1. The minimum Gasteiger partial charge on any atom is -0.480 e. The van der Waals surface area contributed by atoms with E-state index in [1.807, 2.05) is 0 Å². The molecule has 0 fully saturated rings. The first-order chi connectivity index (χ1) is 8.32. The van der Waals surface area contributed by atoms with Gasteiger partial charge in [0, 0.05) is 11.1 Å². The van der Waals surface area contributed by atoms with Gasteiger partial charge in [-0.1, -0.05) is 25.4 Å². The van der Waals surface area contributed by atoms with Crippen LogP contribution in [0, 0.1) is 16.0 Å². The van der Waals surface area contributed by atoms with Gasteiger partial charge in [0.05, 0.1) is 4.92 Å². The third kappa shape index (κ3) is 3.33. The van der Waals surface area contributed by atoms with Crippen LogP contribution in [0.1, 0.15) is 13.8 Å². The molecule has 18 heavy (non-hydrogen) atoms. The number of nitro groups is 1. The predicted octanol–water partition coefficient (Wildman–Crippen LogP) is 2.77. The summed E-state index contributed by atoms with van der Waals surface area (Å²) < 4.78 is 0. The molecule has 2 N–H and O–H groups in total. The van der Waals surface area contributed by atoms with Crippen LogP contribution in [0.2, 0.25) is 5.02 Å². The second-order valence-electron chi connectivity index (χ2n) is 4.12. The molecule has 98 valence electrons. The van der Waals surface area contributed by atoms with E-state index in [2.05, 4.69) is 5.32 Å². The van der Waals surface area contributed by atoms with E-state index >= 15 is 0 Å². The Kier molecular flexibility index (Phi) is 4.49. The summed E-state index contributed by atoms with van der Waals surface area (Å²) in [7, 11) is 0. The minimum absolute atomic E-state index is 0.144. The topological polar surface area (TPSA) is 92.5 Å². The molecule has 6 nitrogen and oxygen atoms in total. The van der Waals surface area contributed by atoms with Crippen LogP contribution in [-0.2, 0) is 4.79 Å². The normalized spacial score (nSPS) is 12.2. The highest BCUT2D eigenvalue weighted by molar-refractivity contribution is 6.30. The average molecular weight is 273 g/mol. The summed E-state index contributed by atoms with van der Waals surface area (Å²) in [6.07, 6.45) is 0. The summed E-state index contributed by atoms with van der Waals surface area (Å²) in [5.74, 6) is -1.27. The largest absolute Gasteiger partial charge is 0.480 e. The Morgan fingerprint density at radius 3 is 2.56 bits per heavy atom. The van der Waals surface area contributed by atoms with Gasteiger partial charge >= 0.3 is 5.97 Å². The summed E-state index contributed by atoms with van der Waals surface area (Å²) in [5, 5.41) is 22.8. The van der Waals surface area contributed by atoms with Gasteiger partial charge < -0.3 is 10.4 Å². The first-order valence-corrected chi connectivity index (χ1v) is 5.64. The highest BCUT2D eigenvalue weighted by Gasteiger charge is 2.24. The second-order valence-corrected chi connectivity index (χ2v) is 4.56. The van der Waals surface area contributed by atoms with E-state index in [0.29, 0.717) is 0 Å². The van der Waals surface area contributed by atoms with E-state index in [4.69, 9.17) is 16.7 Å². The lowest BCUT2D eigenvalue weighted by molar-refractivity contribution is -0.384. The number of halogens is 1. The molecule has 1 aromatic rings. The van der Waals surface area contributed by atoms with E-state index in [1.54, 1.807) is 13.8 Å². The number of aliphatic carboxylic acids is 1. The molecule has 0 spiro atoms. The van der Waals surface area contributed by atoms with Crippen molar-refractivity contribution in [2.75, 3.05) is 5.32 Å². The Morgan fingerprint density at radius 1 is 1.50 bits per heavy atom. The van der Waals surface area contributed by atoms with Crippen LogP contribution in [0.25, 0.3) is 0 Å². The molecular formula is C11H13ClN2O4. The first-order valence-electron chi connectivity index (χ1n) is 5.26. The first kappa shape index (κ1) is 14.2. The standard InChI is InChI=1S/C11H13ClN2O4/c1-6(2)10(11(15)16)13-8-4-3-7(12)5-9(8)14(17)18/h3-6,10,13H,1-2H3,(H,15,16)/t10-/m1/s1. The van der Waals surface area contributed by atoms with Crippen LogP contribution in [0.3, 0.4) is 0 Å². The molecule has 0 amide bonds. The van der Waals surface area contributed by atoms with Gasteiger partial charge in [-0.05, 0) is 18.1 Å². The van der Waals surface area contributed by atoms with Gasteiger partial charge in [0.15, 0.2) is 0 Å². The molecule has 0 unspecified atom stereocenters. The number of anilines is 1. The van der Waals surface area contributed by atoms with Crippen molar-refractivity contribution in [3.8, 4) is 0 Å². The number of nitrogens with one attached hydrogen (secondary N) is 1. The molecule has 0 bridgehead atoms. The molecule has 0 saturated heterocycles. The molecule has 1 aromatic carbocycles. The molecule has 0 aliphatic carbocycles. The average Bonchev–Trinajstić information content (AvgIpc) is 2.25. The Bertz CT molecular complexity index is 476. The maximum Gasteiger partial charge on any atom is 0.326 e. The van der Waals surface area contributed by atoms with Crippen LogP contribution in [0.15, 0.2) is 18.2 Å². The number of carboxylic acids is 1. The van der Waals surface area contributed by atoms with Gasteiger partial charge in [0.1, 0.15) is 11.7 Å². The van der Waals surface area contributed by atoms with Gasteiger partial charge in [-0.2, -0.15) is 0 Å². The quantitative estimate of drug-likeness (QED) is 0.635. The summed E-state index contributed by atoms with van der Waals surface area (Å²) in [5.41, 5.74) is -0.0973. The van der Waals surface area contributed by atoms with E-state index in [-0.39, 0.29) is 22.3 Å². The van der Waals surface area contributed by atoms with Crippen molar-refractivity contribution in [2.24, 2.45) is 5.92 Å². The fraction of sp³-hybridized carbons (Fsp3) is 0.364. The van der Waals surface area contributed by atoms with Crippen LogP contribution >= 0.6 is 11.6 Å². The molecule has 1 atom stereocenters. The van der Waals surface area contributed by atoms with Gasteiger partial charge in [0.2, 0.25) is 0 Å². The molecule has 0 radical (unpaired) electrons. The number of benzene rings is 1. The smallest absolute Gasteiger partial charge is 0.326 e. The zero-order valence-corrected chi connectivity index (χ0v) is 10.6. The molecule has 0 aromatic heterocycles. The van der Waals surface area contributed by atoms with Crippen molar-refractivity contribution in [3.05, 3.63) is 33.3 Å². The van der Waals surface area contributed by atoms with Gasteiger partial charge in [0.25, 0.3) is 5.69 Å². The summed E-state index contributed by atoms with van der Waals surface area (Å²) in [6.45, 7) is 3.43. The summed E-state index contributed by atoms with van der Waals surface area (Å²) in [4.78, 5) is 21.3. The van der Waals surface area contributed by atoms with Crippen LogP contribution in [0.4, 0.5) is 11.4 Å². The van der Waals surface area contributed by atoms with E-state index in [0.717, 1.165) is 0 Å². The lowest BCUT2D eigenvalue weighted by atomic mass is 10.0. The van der Waals surface area contributed by atoms with Gasteiger partial charge in [-0.15, -0.1) is 0 Å². The van der Waals surface area contributed by atoms with Crippen molar-refractivity contribution in [2.45, 2.75) is 19.9 Å². The number of nitrogens with zero attached hydrogens (tertiary/aromatic N) is 1. The third-order valence-electron chi connectivity index (χ3n) is 2.40. The number of hydrogen-bond acceptors (Lipinski definition) is 4. The maximum absolute atomic E-state index is 11.0. The lowest BCUT2D eigenvalue weighted by Crippen LogP contribution is -2.34. The van der Waals surface area contributed by atoms with E-state index < -0.39 is 16.9 Å². The molecule has 1 rings (SSSR count). The molecule has 0 heterocycles. The SMILES string of the molecule is CC(C)[C@@H](Nc1ccc(Cl)cc1[N+](=O)[O-])C(=O)O. The monoisotopic (exact) mass is 272 g/mol. The molecule has 0 aliphatic rings. The van der Waals surface area contributed by atoms with Crippen LogP contribution in [-0.4, -0.2) is 22.0 Å². The number of hydrogen-bond donors (Lipinski definition) is 2. The molecule has 0 aliphatic heterocycles. The van der Waals surface area contributed by atoms with Crippen LogP contribution in [0.5, 0.6) is 0 Å². The Labute approximate surface area is 109 Å². The highest BCUT2D eigenvalue weighted by atomic mass is 35.5. The van der Waals surface area contributed by atoms with E-state index in [9.17, 15) is 14.9 Å². The summed E-state index contributed by atoms with van der Waals surface area (Å²) in [6, 6.07) is 3.16. The number of carboxylic acid groups (broad SMARTS) is 1. The fourth-order valence-corrected chi connectivity index (χ4v) is 1.63. The predicted molar refractivity (Wildman–Crippen MR) is 68.0 cm³/mol. The minimum atomic E-state index is -1.06. The van der Waals surface area contributed by atoms with Gasteiger partial charge in [-0.25, -0.2) is 4.79 Å². The Morgan fingerprint density at radius 2 is 2.11 bits per heavy atom.